The first-order valence-electron chi connectivity index (χ1n) is 5.97. The summed E-state index contributed by atoms with van der Waals surface area (Å²) in [5.74, 6) is -0.323. The van der Waals surface area contributed by atoms with Crippen molar-refractivity contribution in [3.8, 4) is 0 Å². The summed E-state index contributed by atoms with van der Waals surface area (Å²) in [4.78, 5) is 11.8. The van der Waals surface area contributed by atoms with E-state index in [1.54, 1.807) is 0 Å². The third-order valence-electron chi connectivity index (χ3n) is 3.64. The number of carbonyl (C=O) groups excluding carboxylic acids is 1. The smallest absolute Gasteiger partial charge is 0.408 e. The van der Waals surface area contributed by atoms with Crippen molar-refractivity contribution in [1.82, 2.24) is 5.32 Å². The van der Waals surface area contributed by atoms with E-state index >= 15 is 0 Å². The van der Waals surface area contributed by atoms with Crippen LogP contribution in [0.2, 0.25) is 0 Å². The molecule has 0 bridgehead atoms. The first kappa shape index (κ1) is 11.9. The van der Waals surface area contributed by atoms with Gasteiger partial charge in [-0.05, 0) is 19.4 Å². The normalized spacial score (nSPS) is 34.6. The fourth-order valence-electron chi connectivity index (χ4n) is 2.85. The molecule has 0 radical (unpaired) electrons. The van der Waals surface area contributed by atoms with Gasteiger partial charge in [-0.3, -0.25) is 4.79 Å². The number of hydrogen-bond acceptors (Lipinski definition) is 4. The Morgan fingerprint density at radius 2 is 2.25 bits per heavy atom. The number of nitrogens with one attached hydrogen (secondary N) is 1. The highest BCUT2D eigenvalue weighted by Gasteiger charge is 2.54. The summed E-state index contributed by atoms with van der Waals surface area (Å²) in [6.45, 7) is 4.07. The van der Waals surface area contributed by atoms with Crippen LogP contribution in [-0.4, -0.2) is 38.7 Å². The third-order valence-corrected chi connectivity index (χ3v) is 3.64. The Hall–Kier alpha value is -0.585. The summed E-state index contributed by atoms with van der Waals surface area (Å²) in [6, 6.07) is 0. The Kier molecular flexibility index (Phi) is 3.52. The van der Waals surface area contributed by atoms with Crippen LogP contribution in [0.3, 0.4) is 0 Å². The highest BCUT2D eigenvalue weighted by atomic mass is 16.6. The van der Waals surface area contributed by atoms with Crippen LogP contribution in [0.1, 0.15) is 26.2 Å². The summed E-state index contributed by atoms with van der Waals surface area (Å²) in [5.41, 5.74) is 5.09. The van der Waals surface area contributed by atoms with Crippen molar-refractivity contribution >= 4 is 13.0 Å². The van der Waals surface area contributed by atoms with Gasteiger partial charge in [0.2, 0.25) is 5.91 Å². The highest BCUT2D eigenvalue weighted by molar-refractivity contribution is 6.48. The Labute approximate surface area is 96.2 Å². The molecule has 6 heteroatoms. The van der Waals surface area contributed by atoms with Crippen LogP contribution >= 0.6 is 0 Å². The molecule has 0 aromatic carbocycles. The van der Waals surface area contributed by atoms with Gasteiger partial charge in [0.15, 0.2) is 0 Å². The summed E-state index contributed by atoms with van der Waals surface area (Å²) in [6.07, 6.45) is 2.52. The molecule has 2 unspecified atom stereocenters. The molecule has 2 fully saturated rings. The molecule has 2 saturated heterocycles. The van der Waals surface area contributed by atoms with Gasteiger partial charge in [0.1, 0.15) is 0 Å². The molecule has 2 aliphatic heterocycles. The summed E-state index contributed by atoms with van der Waals surface area (Å²) in [5, 5.41) is 3.30. The topological polar surface area (TPSA) is 73.6 Å². The van der Waals surface area contributed by atoms with E-state index in [0.717, 1.165) is 25.8 Å². The lowest BCUT2D eigenvalue weighted by atomic mass is 9.61. The minimum absolute atomic E-state index is 0.0903. The minimum atomic E-state index is -0.496. The van der Waals surface area contributed by atoms with E-state index in [9.17, 15) is 4.79 Å². The molecule has 0 aromatic heterocycles. The van der Waals surface area contributed by atoms with Crippen LogP contribution < -0.4 is 11.1 Å². The highest BCUT2D eigenvalue weighted by Crippen LogP contribution is 2.38. The fraction of sp³-hybridized carbons (Fsp3) is 0.900. The van der Waals surface area contributed by atoms with Crippen LogP contribution in [-0.2, 0) is 14.1 Å². The van der Waals surface area contributed by atoms with E-state index < -0.39 is 5.41 Å². The van der Waals surface area contributed by atoms with Gasteiger partial charge in [-0.2, -0.15) is 0 Å². The van der Waals surface area contributed by atoms with Crippen molar-refractivity contribution in [2.45, 2.75) is 32.1 Å². The summed E-state index contributed by atoms with van der Waals surface area (Å²) >= 11 is 0. The Morgan fingerprint density at radius 3 is 2.81 bits per heavy atom. The molecule has 0 aromatic rings. The molecule has 90 valence electrons. The van der Waals surface area contributed by atoms with Gasteiger partial charge in [-0.25, -0.2) is 0 Å². The minimum Gasteiger partial charge on any atom is -0.408 e. The van der Waals surface area contributed by atoms with Gasteiger partial charge < -0.3 is 20.4 Å². The molecule has 2 rings (SSSR count). The molecule has 0 aliphatic carbocycles. The van der Waals surface area contributed by atoms with E-state index in [0.29, 0.717) is 13.2 Å². The number of nitrogens with two attached hydrogens (primary N) is 1. The van der Waals surface area contributed by atoms with Gasteiger partial charge in [-0.1, -0.05) is 13.3 Å². The number of carbonyl (C=O) groups is 1. The molecule has 2 heterocycles. The Bertz CT molecular complexity index is 271. The van der Waals surface area contributed by atoms with Crippen molar-refractivity contribution < 1.29 is 14.1 Å². The second kappa shape index (κ2) is 4.73. The summed E-state index contributed by atoms with van der Waals surface area (Å²) in [7, 11) is -0.318. The zero-order chi connectivity index (χ0) is 11.6. The van der Waals surface area contributed by atoms with Gasteiger partial charge in [0, 0.05) is 0 Å². The molecule has 1 amide bonds. The average Bonchev–Trinajstić information content (AvgIpc) is 2.85. The molecule has 3 N–H and O–H groups in total. The van der Waals surface area contributed by atoms with E-state index in [-0.39, 0.29) is 19.0 Å². The number of primary amides is 1. The van der Waals surface area contributed by atoms with Gasteiger partial charge in [-0.15, -0.1) is 0 Å². The number of hydrogen-bond donors (Lipinski definition) is 2. The maximum atomic E-state index is 11.8. The van der Waals surface area contributed by atoms with E-state index in [1.807, 2.05) is 0 Å². The lowest BCUT2D eigenvalue weighted by molar-refractivity contribution is -0.128. The monoisotopic (exact) mass is 226 g/mol. The van der Waals surface area contributed by atoms with Crippen molar-refractivity contribution in [2.75, 3.05) is 19.8 Å². The largest absolute Gasteiger partial charge is 0.476 e. The number of rotatable bonds is 4. The molecule has 5 nitrogen and oxygen atoms in total. The maximum Gasteiger partial charge on any atom is 0.476 e. The predicted octanol–water partition coefficient (Wildman–Crippen LogP) is -0.306. The zero-order valence-electron chi connectivity index (χ0n) is 9.70. The van der Waals surface area contributed by atoms with Crippen LogP contribution in [0.25, 0.3) is 0 Å². The van der Waals surface area contributed by atoms with E-state index in [1.165, 1.54) is 0 Å². The molecular weight excluding hydrogens is 207 g/mol. The average molecular weight is 226 g/mol. The van der Waals surface area contributed by atoms with Gasteiger partial charge in [0.25, 0.3) is 0 Å². The second-order valence-electron chi connectivity index (χ2n) is 4.56. The molecule has 0 saturated carbocycles. The lowest BCUT2D eigenvalue weighted by Crippen LogP contribution is -2.55. The van der Waals surface area contributed by atoms with Gasteiger partial charge in [0.05, 0.1) is 24.6 Å². The van der Waals surface area contributed by atoms with Crippen molar-refractivity contribution in [3.05, 3.63) is 0 Å². The fourth-order valence-corrected chi connectivity index (χ4v) is 2.85. The van der Waals surface area contributed by atoms with Gasteiger partial charge >= 0.3 is 7.12 Å². The first-order valence-corrected chi connectivity index (χ1v) is 5.97. The summed E-state index contributed by atoms with van der Waals surface area (Å²) < 4.78 is 11.0. The third kappa shape index (κ3) is 1.85. The maximum absolute atomic E-state index is 11.8. The molecule has 2 atom stereocenters. The molecule has 0 spiro atoms. The van der Waals surface area contributed by atoms with Crippen LogP contribution in [0.15, 0.2) is 0 Å². The molecule has 2 aliphatic rings. The van der Waals surface area contributed by atoms with Crippen molar-refractivity contribution in [1.29, 1.82) is 0 Å². The first-order chi connectivity index (χ1) is 7.70. The molecule has 16 heavy (non-hydrogen) atoms. The van der Waals surface area contributed by atoms with Crippen LogP contribution in [0, 0.1) is 5.41 Å². The SMILES string of the molecule is CCCC1(C(N)=O)CCNC1B1OCCO1. The Morgan fingerprint density at radius 1 is 1.56 bits per heavy atom. The predicted molar refractivity (Wildman–Crippen MR) is 60.6 cm³/mol. The quantitative estimate of drug-likeness (QED) is 0.645. The van der Waals surface area contributed by atoms with Crippen molar-refractivity contribution in [3.63, 3.8) is 0 Å². The standard InChI is InChI=1S/C10H19BN2O3/c1-2-3-10(9(12)14)4-5-13-8(10)11-15-6-7-16-11/h8,13H,2-7H2,1H3,(H2,12,14). The number of amides is 1. The van der Waals surface area contributed by atoms with Crippen LogP contribution in [0.4, 0.5) is 0 Å². The Balaban J connectivity index is 2.17. The second-order valence-corrected chi connectivity index (χ2v) is 4.56. The zero-order valence-corrected chi connectivity index (χ0v) is 9.70. The van der Waals surface area contributed by atoms with Crippen molar-refractivity contribution in [2.24, 2.45) is 11.1 Å². The lowest BCUT2D eigenvalue weighted by Gasteiger charge is -2.32. The van der Waals surface area contributed by atoms with E-state index in [2.05, 4.69) is 12.2 Å². The molecular formula is C10H19BN2O3. The van der Waals surface area contributed by atoms with Crippen LogP contribution in [0.5, 0.6) is 0 Å². The van der Waals surface area contributed by atoms with E-state index in [4.69, 9.17) is 15.0 Å².